The van der Waals surface area contributed by atoms with Crippen molar-refractivity contribution in [2.75, 3.05) is 27.2 Å². The quantitative estimate of drug-likeness (QED) is 0.532. The van der Waals surface area contributed by atoms with Crippen LogP contribution in [0.5, 0.6) is 0 Å². The molecule has 1 radical (unpaired) electrons. The third kappa shape index (κ3) is 1.71. The summed E-state index contributed by atoms with van der Waals surface area (Å²) < 4.78 is 0.485. The third-order valence-electron chi connectivity index (χ3n) is 3.66. The van der Waals surface area contributed by atoms with Crippen molar-refractivity contribution in [1.29, 1.82) is 0 Å². The predicted molar refractivity (Wildman–Crippen MR) is 74.7 cm³/mol. The zero-order valence-corrected chi connectivity index (χ0v) is 11.5. The number of aliphatic imine (C=N–C) groups is 1. The van der Waals surface area contributed by atoms with E-state index in [-0.39, 0.29) is 5.91 Å². The van der Waals surface area contributed by atoms with E-state index in [4.69, 9.17) is 0 Å². The summed E-state index contributed by atoms with van der Waals surface area (Å²) in [5.41, 5.74) is 1.60. The second-order valence-electron chi connectivity index (χ2n) is 5.27. The molecule has 1 saturated heterocycles. The molecule has 1 fully saturated rings. The fraction of sp³-hybridized carbons (Fsp3) is 0.385. The number of hydrogen-bond acceptors (Lipinski definition) is 3. The number of rotatable bonds is 2. The number of quaternary nitrogens is 1. The minimum Gasteiger partial charge on any atom is -0.360 e. The summed E-state index contributed by atoms with van der Waals surface area (Å²) >= 11 is 0. The molecular weight excluding hydrogens is 239 g/mol. The third-order valence-corrected chi connectivity index (χ3v) is 3.66. The van der Waals surface area contributed by atoms with Gasteiger partial charge in [0.25, 0.3) is 5.91 Å². The van der Waals surface area contributed by atoms with E-state index < -0.39 is 0 Å². The maximum absolute atomic E-state index is 12.7. The number of allylic oxidation sites excluding steroid dienone is 3. The van der Waals surface area contributed by atoms with E-state index >= 15 is 0 Å². The Morgan fingerprint density at radius 1 is 1.42 bits per heavy atom. The van der Waals surface area contributed by atoms with E-state index in [1.54, 1.807) is 4.81 Å². The Labute approximate surface area is 114 Å². The zero-order chi connectivity index (χ0) is 13.6. The molecule has 0 aromatic rings. The molecule has 5 nitrogen and oxygen atoms in total. The van der Waals surface area contributed by atoms with E-state index in [0.717, 1.165) is 23.8 Å². The summed E-state index contributed by atoms with van der Waals surface area (Å²) in [7, 11) is 5.70. The van der Waals surface area contributed by atoms with E-state index in [9.17, 15) is 4.79 Å². The second-order valence-corrected chi connectivity index (χ2v) is 5.27. The van der Waals surface area contributed by atoms with Crippen LogP contribution in [-0.4, -0.2) is 60.6 Å². The van der Waals surface area contributed by atoms with Crippen LogP contribution in [0.4, 0.5) is 0 Å². The van der Waals surface area contributed by atoms with Crippen LogP contribution in [0, 0.1) is 0 Å². The van der Waals surface area contributed by atoms with Gasteiger partial charge in [0, 0.05) is 6.08 Å². The van der Waals surface area contributed by atoms with Gasteiger partial charge in [-0.3, -0.25) is 4.79 Å². The van der Waals surface area contributed by atoms with Gasteiger partial charge in [0.2, 0.25) is 11.5 Å². The Morgan fingerprint density at radius 3 is 2.95 bits per heavy atom. The largest absolute Gasteiger partial charge is 0.360 e. The molecule has 0 saturated carbocycles. The lowest BCUT2D eigenvalue weighted by atomic mass is 10.00. The molecule has 0 aliphatic carbocycles. The van der Waals surface area contributed by atoms with Gasteiger partial charge in [-0.2, -0.15) is 4.99 Å². The monoisotopic (exact) mass is 256 g/mol. The average Bonchev–Trinajstić information content (AvgIpc) is 2.65. The lowest BCUT2D eigenvalue weighted by Crippen LogP contribution is -2.60. The second kappa shape index (κ2) is 4.18. The van der Waals surface area contributed by atoms with Crippen molar-refractivity contribution in [3.63, 3.8) is 0 Å². The molecule has 0 N–H and O–H groups in total. The van der Waals surface area contributed by atoms with Crippen molar-refractivity contribution >= 4 is 19.3 Å². The van der Waals surface area contributed by atoms with Crippen molar-refractivity contribution < 1.29 is 9.28 Å². The van der Waals surface area contributed by atoms with E-state index in [2.05, 4.69) is 11.2 Å². The number of amidine groups is 1. The topological polar surface area (TPSA) is 35.9 Å². The van der Waals surface area contributed by atoms with E-state index in [0.29, 0.717) is 11.0 Å². The maximum Gasteiger partial charge on any atom is 0.354 e. The van der Waals surface area contributed by atoms with Crippen LogP contribution in [0.15, 0.2) is 40.8 Å². The minimum absolute atomic E-state index is 0.0520. The van der Waals surface area contributed by atoms with E-state index in [1.165, 1.54) is 0 Å². The number of piperazine rings is 1. The lowest BCUT2D eigenvalue weighted by Gasteiger charge is -2.40. The fourth-order valence-electron chi connectivity index (χ4n) is 2.89. The van der Waals surface area contributed by atoms with Crippen molar-refractivity contribution in [3.8, 4) is 0 Å². The standard InChI is InChI=1S/C13H17BN4O/c1-10-12-13(19)17(14-16(2)3)7-9-18(12)8-5-4-6-11(18)15-10/h4-6,8H,7,9H2,1-3H3/q+1. The highest BCUT2D eigenvalue weighted by atomic mass is 16.2. The molecule has 0 aromatic carbocycles. The van der Waals surface area contributed by atoms with Crippen molar-refractivity contribution in [1.82, 2.24) is 9.62 Å². The van der Waals surface area contributed by atoms with Gasteiger partial charge >= 0.3 is 7.55 Å². The molecule has 97 valence electrons. The van der Waals surface area contributed by atoms with Crippen LogP contribution in [0.2, 0.25) is 0 Å². The molecule has 1 amide bonds. The summed E-state index contributed by atoms with van der Waals surface area (Å²) in [6.45, 7) is 3.45. The first-order chi connectivity index (χ1) is 9.04. The Morgan fingerprint density at radius 2 is 2.21 bits per heavy atom. The smallest absolute Gasteiger partial charge is 0.354 e. The van der Waals surface area contributed by atoms with E-state index in [1.807, 2.05) is 51.6 Å². The summed E-state index contributed by atoms with van der Waals surface area (Å²) in [5.74, 6) is 1.00. The minimum atomic E-state index is 0.0520. The first kappa shape index (κ1) is 12.4. The van der Waals surface area contributed by atoms with Crippen LogP contribution in [0.25, 0.3) is 0 Å². The molecule has 3 rings (SSSR count). The van der Waals surface area contributed by atoms with Crippen LogP contribution in [-0.2, 0) is 4.79 Å². The Hall–Kier alpha value is -1.66. The normalized spacial score (nSPS) is 28.7. The first-order valence-corrected chi connectivity index (χ1v) is 6.41. The number of hydrogen-bond donors (Lipinski definition) is 0. The van der Waals surface area contributed by atoms with Gasteiger partial charge in [0.1, 0.15) is 18.4 Å². The Bertz CT molecular complexity index is 561. The molecule has 1 atom stereocenters. The van der Waals surface area contributed by atoms with Crippen molar-refractivity contribution in [2.45, 2.75) is 6.92 Å². The molecule has 1 unspecified atom stereocenters. The van der Waals surface area contributed by atoms with Gasteiger partial charge in [-0.25, -0.2) is 4.48 Å². The predicted octanol–water partition coefficient (Wildman–Crippen LogP) is 0.468. The molecule has 1 spiro atoms. The van der Waals surface area contributed by atoms with Crippen LogP contribution < -0.4 is 0 Å². The summed E-state index contributed by atoms with van der Waals surface area (Å²) in [6, 6.07) is 0. The highest BCUT2D eigenvalue weighted by Gasteiger charge is 2.51. The summed E-state index contributed by atoms with van der Waals surface area (Å²) in [6.07, 6.45) is 8.03. The zero-order valence-electron chi connectivity index (χ0n) is 11.5. The molecule has 3 heterocycles. The SMILES string of the molecule is CC1=C2C(=O)N([B]N(C)C)CC[N+]23C=CC=CC3=N1. The number of carbonyl (C=O) groups is 1. The molecule has 3 aliphatic rings. The van der Waals surface area contributed by atoms with Crippen LogP contribution in [0.1, 0.15) is 6.92 Å². The molecule has 0 aromatic heterocycles. The Balaban J connectivity index is 1.98. The first-order valence-electron chi connectivity index (χ1n) is 6.41. The maximum atomic E-state index is 12.7. The summed E-state index contributed by atoms with van der Waals surface area (Å²) in [5, 5.41) is 0. The number of nitrogens with zero attached hydrogens (tertiary/aromatic N) is 4. The van der Waals surface area contributed by atoms with Crippen molar-refractivity contribution in [2.24, 2.45) is 4.99 Å². The molecule has 6 heteroatoms. The Kier molecular flexibility index (Phi) is 2.72. The molecular formula is C13H17BN4O+. The number of amides is 1. The van der Waals surface area contributed by atoms with Gasteiger partial charge in [-0.1, -0.05) is 0 Å². The van der Waals surface area contributed by atoms with Gasteiger partial charge in [-0.05, 0) is 33.2 Å². The highest BCUT2D eigenvalue weighted by Crippen LogP contribution is 2.36. The van der Waals surface area contributed by atoms with Gasteiger partial charge in [0.05, 0.1) is 6.54 Å². The molecule has 19 heavy (non-hydrogen) atoms. The highest BCUT2D eigenvalue weighted by molar-refractivity contribution is 6.35. The van der Waals surface area contributed by atoms with Crippen molar-refractivity contribution in [3.05, 3.63) is 35.8 Å². The number of carbonyl (C=O) groups excluding carboxylic acids is 1. The molecule has 0 bridgehead atoms. The molecule has 3 aliphatic heterocycles. The van der Waals surface area contributed by atoms with Gasteiger partial charge < -0.3 is 9.62 Å². The van der Waals surface area contributed by atoms with Crippen LogP contribution in [0.3, 0.4) is 0 Å². The fourth-order valence-corrected chi connectivity index (χ4v) is 2.89. The average molecular weight is 256 g/mol. The lowest BCUT2D eigenvalue weighted by molar-refractivity contribution is -0.742. The van der Waals surface area contributed by atoms with Gasteiger partial charge in [0.15, 0.2) is 0 Å². The van der Waals surface area contributed by atoms with Crippen LogP contribution >= 0.6 is 0 Å². The summed E-state index contributed by atoms with van der Waals surface area (Å²) in [4.78, 5) is 20.9. The van der Waals surface area contributed by atoms with Gasteiger partial charge in [-0.15, -0.1) is 0 Å².